The van der Waals surface area contributed by atoms with Crippen LogP contribution in [0.3, 0.4) is 0 Å². The van der Waals surface area contributed by atoms with Crippen LogP contribution in [0, 0.1) is 0 Å². The lowest BCUT2D eigenvalue weighted by molar-refractivity contribution is 0.300. The second-order valence-electron chi connectivity index (χ2n) is 5.69. The van der Waals surface area contributed by atoms with Crippen LogP contribution < -0.4 is 14.8 Å². The van der Waals surface area contributed by atoms with Crippen molar-refractivity contribution in [3.8, 4) is 11.5 Å². The van der Waals surface area contributed by atoms with Gasteiger partial charge in [-0.2, -0.15) is 0 Å². The molecule has 0 saturated carbocycles. The summed E-state index contributed by atoms with van der Waals surface area (Å²) >= 11 is 0. The molecule has 1 aromatic carbocycles. The number of ether oxygens (including phenoxy) is 2. The Kier molecular flexibility index (Phi) is 9.71. The van der Waals surface area contributed by atoms with Crippen molar-refractivity contribution in [2.75, 3.05) is 19.8 Å². The summed E-state index contributed by atoms with van der Waals surface area (Å²) < 4.78 is 11.3. The molecule has 3 heteroatoms. The van der Waals surface area contributed by atoms with Crippen molar-refractivity contribution in [1.82, 2.24) is 5.32 Å². The zero-order chi connectivity index (χ0) is 15.3. The lowest BCUT2D eigenvalue weighted by atomic mass is 10.2. The maximum absolute atomic E-state index is 5.74. The minimum Gasteiger partial charge on any atom is -0.494 e. The first-order valence-electron chi connectivity index (χ1n) is 8.31. The molecule has 0 saturated heterocycles. The van der Waals surface area contributed by atoms with Gasteiger partial charge in [0.15, 0.2) is 0 Å². The van der Waals surface area contributed by atoms with Crippen molar-refractivity contribution in [3.05, 3.63) is 24.3 Å². The van der Waals surface area contributed by atoms with Gasteiger partial charge in [-0.05, 0) is 50.1 Å². The molecule has 120 valence electrons. The molecule has 1 rings (SSSR count). The Bertz CT molecular complexity index is 349. The Morgan fingerprint density at radius 1 is 0.857 bits per heavy atom. The monoisotopic (exact) mass is 293 g/mol. The summed E-state index contributed by atoms with van der Waals surface area (Å²) in [4.78, 5) is 0. The van der Waals surface area contributed by atoms with Crippen LogP contribution >= 0.6 is 0 Å². The molecule has 0 amide bonds. The summed E-state index contributed by atoms with van der Waals surface area (Å²) in [6.07, 6.45) is 5.91. The van der Waals surface area contributed by atoms with Gasteiger partial charge in [-0.25, -0.2) is 0 Å². The smallest absolute Gasteiger partial charge is 0.119 e. The summed E-state index contributed by atoms with van der Waals surface area (Å²) in [6, 6.07) is 8.51. The van der Waals surface area contributed by atoms with Gasteiger partial charge >= 0.3 is 0 Å². The summed E-state index contributed by atoms with van der Waals surface area (Å²) in [7, 11) is 0. The number of nitrogens with one attached hydrogen (secondary N) is 1. The Morgan fingerprint density at radius 2 is 1.43 bits per heavy atom. The van der Waals surface area contributed by atoms with Gasteiger partial charge in [0, 0.05) is 6.04 Å². The fraction of sp³-hybridized carbons (Fsp3) is 0.667. The van der Waals surface area contributed by atoms with Crippen LogP contribution in [0.4, 0.5) is 0 Å². The molecule has 1 N–H and O–H groups in total. The van der Waals surface area contributed by atoms with Gasteiger partial charge < -0.3 is 14.8 Å². The van der Waals surface area contributed by atoms with Crippen molar-refractivity contribution in [1.29, 1.82) is 0 Å². The number of unbranched alkanes of at least 4 members (excludes halogenated alkanes) is 3. The third-order valence-electron chi connectivity index (χ3n) is 3.19. The van der Waals surface area contributed by atoms with E-state index < -0.39 is 0 Å². The van der Waals surface area contributed by atoms with Crippen LogP contribution in [0.1, 0.15) is 52.9 Å². The first-order valence-corrected chi connectivity index (χ1v) is 8.31. The van der Waals surface area contributed by atoms with Crippen molar-refractivity contribution in [2.24, 2.45) is 0 Å². The van der Waals surface area contributed by atoms with Crippen LogP contribution in [0.25, 0.3) is 0 Å². The van der Waals surface area contributed by atoms with E-state index in [4.69, 9.17) is 9.47 Å². The van der Waals surface area contributed by atoms with Gasteiger partial charge in [0.1, 0.15) is 11.5 Å². The maximum Gasteiger partial charge on any atom is 0.119 e. The van der Waals surface area contributed by atoms with Crippen LogP contribution in [0.2, 0.25) is 0 Å². The Labute approximate surface area is 130 Å². The molecule has 0 aromatic heterocycles. The van der Waals surface area contributed by atoms with E-state index in [1.807, 2.05) is 24.3 Å². The highest BCUT2D eigenvalue weighted by Gasteiger charge is 1.97. The highest BCUT2D eigenvalue weighted by atomic mass is 16.5. The number of benzene rings is 1. The van der Waals surface area contributed by atoms with E-state index in [1.165, 1.54) is 19.3 Å². The van der Waals surface area contributed by atoms with E-state index in [9.17, 15) is 0 Å². The van der Waals surface area contributed by atoms with Gasteiger partial charge in [0.2, 0.25) is 0 Å². The first-order chi connectivity index (χ1) is 10.2. The van der Waals surface area contributed by atoms with Gasteiger partial charge in [0.05, 0.1) is 13.2 Å². The Balaban J connectivity index is 2.02. The summed E-state index contributed by atoms with van der Waals surface area (Å²) in [6.45, 7) is 9.17. The standard InChI is InChI=1S/C18H31NO2/c1-4-14-20-17-9-11-18(12-10-17)21-15-8-6-5-7-13-19-16(2)3/h9-12,16,19H,4-8,13-15H2,1-3H3. The fourth-order valence-corrected chi connectivity index (χ4v) is 2.01. The summed E-state index contributed by atoms with van der Waals surface area (Å²) in [5.74, 6) is 1.85. The van der Waals surface area contributed by atoms with Crippen LogP contribution in [-0.2, 0) is 0 Å². The fourth-order valence-electron chi connectivity index (χ4n) is 2.01. The lowest BCUT2D eigenvalue weighted by Crippen LogP contribution is -2.23. The van der Waals surface area contributed by atoms with Crippen molar-refractivity contribution in [3.63, 3.8) is 0 Å². The second kappa shape index (κ2) is 11.4. The van der Waals surface area contributed by atoms with E-state index in [2.05, 4.69) is 26.1 Å². The van der Waals surface area contributed by atoms with E-state index in [1.54, 1.807) is 0 Å². The number of hydrogen-bond acceptors (Lipinski definition) is 3. The van der Waals surface area contributed by atoms with Gasteiger partial charge in [0.25, 0.3) is 0 Å². The topological polar surface area (TPSA) is 30.5 Å². The van der Waals surface area contributed by atoms with Crippen molar-refractivity contribution >= 4 is 0 Å². The van der Waals surface area contributed by atoms with E-state index >= 15 is 0 Å². The highest BCUT2D eigenvalue weighted by molar-refractivity contribution is 5.31. The molecule has 0 heterocycles. The van der Waals surface area contributed by atoms with Gasteiger partial charge in [-0.1, -0.05) is 33.6 Å². The molecule has 0 bridgehead atoms. The van der Waals surface area contributed by atoms with Crippen molar-refractivity contribution < 1.29 is 9.47 Å². The second-order valence-corrected chi connectivity index (χ2v) is 5.69. The van der Waals surface area contributed by atoms with Gasteiger partial charge in [-0.3, -0.25) is 0 Å². The Hall–Kier alpha value is -1.22. The molecule has 0 aliphatic heterocycles. The molecular weight excluding hydrogens is 262 g/mol. The molecule has 0 spiro atoms. The molecule has 0 radical (unpaired) electrons. The summed E-state index contributed by atoms with van der Waals surface area (Å²) in [5, 5.41) is 3.44. The number of hydrogen-bond donors (Lipinski definition) is 1. The van der Waals surface area contributed by atoms with Crippen molar-refractivity contribution in [2.45, 2.75) is 58.9 Å². The predicted octanol–water partition coefficient (Wildman–Crippen LogP) is 4.41. The van der Waals surface area contributed by atoms with Crippen LogP contribution in [0.5, 0.6) is 11.5 Å². The molecule has 0 unspecified atom stereocenters. The van der Waals surface area contributed by atoms with E-state index in [0.29, 0.717) is 6.04 Å². The quantitative estimate of drug-likeness (QED) is 0.579. The van der Waals surface area contributed by atoms with Crippen LogP contribution in [0.15, 0.2) is 24.3 Å². The van der Waals surface area contributed by atoms with Gasteiger partial charge in [-0.15, -0.1) is 0 Å². The molecule has 0 atom stereocenters. The third-order valence-corrected chi connectivity index (χ3v) is 3.19. The minimum atomic E-state index is 0.595. The Morgan fingerprint density at radius 3 is 2.00 bits per heavy atom. The first kappa shape index (κ1) is 17.8. The normalized spacial score (nSPS) is 10.9. The predicted molar refractivity (Wildman–Crippen MR) is 89.3 cm³/mol. The third kappa shape index (κ3) is 9.35. The largest absolute Gasteiger partial charge is 0.494 e. The zero-order valence-electron chi connectivity index (χ0n) is 13.9. The van der Waals surface area contributed by atoms with E-state index in [0.717, 1.165) is 44.1 Å². The molecule has 0 fully saturated rings. The average molecular weight is 293 g/mol. The van der Waals surface area contributed by atoms with Crippen LogP contribution in [-0.4, -0.2) is 25.8 Å². The van der Waals surface area contributed by atoms with E-state index in [-0.39, 0.29) is 0 Å². The number of rotatable bonds is 12. The molecular formula is C18H31NO2. The maximum atomic E-state index is 5.74. The molecule has 3 nitrogen and oxygen atoms in total. The molecule has 1 aromatic rings. The molecule has 0 aliphatic rings. The highest BCUT2D eigenvalue weighted by Crippen LogP contribution is 2.18. The molecule has 21 heavy (non-hydrogen) atoms. The SMILES string of the molecule is CCCOc1ccc(OCCCCCCNC(C)C)cc1. The molecule has 0 aliphatic carbocycles. The summed E-state index contributed by atoms with van der Waals surface area (Å²) in [5.41, 5.74) is 0. The lowest BCUT2D eigenvalue weighted by Gasteiger charge is -2.09. The minimum absolute atomic E-state index is 0.595. The zero-order valence-corrected chi connectivity index (χ0v) is 13.9. The average Bonchev–Trinajstić information content (AvgIpc) is 2.48.